The Hall–Kier alpha value is -2.48. The monoisotopic (exact) mass is 430 g/mol. The third-order valence-corrected chi connectivity index (χ3v) is 5.72. The maximum Gasteiger partial charge on any atom is 0.162 e. The minimum Gasteiger partial charge on any atom is -0.504 e. The first-order chi connectivity index (χ1) is 15.1. The Morgan fingerprint density at radius 2 is 1.77 bits per heavy atom. The molecule has 1 saturated heterocycles. The molecule has 31 heavy (non-hydrogen) atoms. The van der Waals surface area contributed by atoms with E-state index in [0.717, 1.165) is 48.8 Å². The molecule has 0 radical (unpaired) electrons. The normalized spacial score (nSPS) is 17.5. The van der Waals surface area contributed by atoms with Gasteiger partial charge in [-0.3, -0.25) is 9.80 Å². The van der Waals surface area contributed by atoms with E-state index in [2.05, 4.69) is 9.80 Å². The number of hydrogen-bond donors (Lipinski definition) is 2. The molecule has 2 N–H and O–H groups in total. The number of hydrogen-bond acceptors (Lipinski definition) is 7. The van der Waals surface area contributed by atoms with Crippen molar-refractivity contribution < 1.29 is 24.4 Å². The van der Waals surface area contributed by atoms with Gasteiger partial charge in [0.1, 0.15) is 11.5 Å². The van der Waals surface area contributed by atoms with Crippen LogP contribution in [0.2, 0.25) is 0 Å². The average molecular weight is 431 g/mol. The summed E-state index contributed by atoms with van der Waals surface area (Å²) >= 11 is 0. The molecule has 1 aliphatic heterocycles. The Bertz CT molecular complexity index is 822. The molecule has 0 amide bonds. The molecule has 1 heterocycles. The third kappa shape index (κ3) is 6.03. The van der Waals surface area contributed by atoms with Gasteiger partial charge in [0.15, 0.2) is 11.5 Å². The molecule has 2 aromatic rings. The van der Waals surface area contributed by atoms with Crippen LogP contribution in [0.4, 0.5) is 0 Å². The lowest BCUT2D eigenvalue weighted by Gasteiger charge is -2.41. The SMILES string of the molecule is CCOc1cccc(CN2CCN(Cc3cc(OC)cc(OC)c3)[C@H](CCO)C2)c1O. The van der Waals surface area contributed by atoms with E-state index in [1.807, 2.05) is 37.3 Å². The summed E-state index contributed by atoms with van der Waals surface area (Å²) in [6, 6.07) is 11.8. The van der Waals surface area contributed by atoms with Crippen molar-refractivity contribution in [1.82, 2.24) is 9.80 Å². The molecule has 0 bridgehead atoms. The number of piperazine rings is 1. The summed E-state index contributed by atoms with van der Waals surface area (Å²) in [5.41, 5.74) is 1.98. The van der Waals surface area contributed by atoms with Crippen LogP contribution in [0.3, 0.4) is 0 Å². The molecule has 2 aromatic carbocycles. The first-order valence-electron chi connectivity index (χ1n) is 10.8. The lowest BCUT2D eigenvalue weighted by atomic mass is 10.1. The van der Waals surface area contributed by atoms with Gasteiger partial charge in [0.05, 0.1) is 20.8 Å². The van der Waals surface area contributed by atoms with E-state index in [-0.39, 0.29) is 18.4 Å². The van der Waals surface area contributed by atoms with Gasteiger partial charge in [-0.2, -0.15) is 0 Å². The Kier molecular flexibility index (Phi) is 8.40. The molecule has 0 saturated carbocycles. The number of methoxy groups -OCH3 is 2. The minimum absolute atomic E-state index is 0.140. The zero-order chi connectivity index (χ0) is 22.2. The second-order valence-corrected chi connectivity index (χ2v) is 7.79. The Morgan fingerprint density at radius 3 is 2.42 bits per heavy atom. The van der Waals surface area contributed by atoms with E-state index in [4.69, 9.17) is 14.2 Å². The highest BCUT2D eigenvalue weighted by Gasteiger charge is 2.27. The largest absolute Gasteiger partial charge is 0.504 e. The van der Waals surface area contributed by atoms with Crippen LogP contribution in [-0.4, -0.2) is 73.1 Å². The number of rotatable bonds is 10. The fourth-order valence-electron chi connectivity index (χ4n) is 4.13. The van der Waals surface area contributed by atoms with Crippen molar-refractivity contribution in [1.29, 1.82) is 0 Å². The summed E-state index contributed by atoms with van der Waals surface area (Å²) in [4.78, 5) is 4.73. The van der Waals surface area contributed by atoms with Gasteiger partial charge in [-0.25, -0.2) is 0 Å². The van der Waals surface area contributed by atoms with Crippen molar-refractivity contribution >= 4 is 0 Å². The Labute approximate surface area is 184 Å². The van der Waals surface area contributed by atoms with Crippen LogP contribution in [0.1, 0.15) is 24.5 Å². The molecule has 0 aliphatic carbocycles. The van der Waals surface area contributed by atoms with E-state index >= 15 is 0 Å². The van der Waals surface area contributed by atoms with Crippen LogP contribution < -0.4 is 14.2 Å². The van der Waals surface area contributed by atoms with Gasteiger partial charge in [-0.05, 0) is 37.1 Å². The number of phenols is 1. The predicted molar refractivity (Wildman–Crippen MR) is 120 cm³/mol. The first kappa shape index (κ1) is 23.2. The zero-order valence-electron chi connectivity index (χ0n) is 18.7. The lowest BCUT2D eigenvalue weighted by Crippen LogP contribution is -2.52. The van der Waals surface area contributed by atoms with Crippen LogP contribution in [0.15, 0.2) is 36.4 Å². The van der Waals surface area contributed by atoms with Crippen molar-refractivity contribution in [3.05, 3.63) is 47.5 Å². The van der Waals surface area contributed by atoms with Gasteiger partial charge in [0.25, 0.3) is 0 Å². The molecule has 1 aliphatic rings. The van der Waals surface area contributed by atoms with Crippen molar-refractivity contribution in [2.75, 3.05) is 47.1 Å². The first-order valence-corrected chi connectivity index (χ1v) is 10.8. The summed E-state index contributed by atoms with van der Waals surface area (Å²) in [6.07, 6.45) is 0.697. The van der Waals surface area contributed by atoms with Gasteiger partial charge in [0, 0.05) is 57.0 Å². The van der Waals surface area contributed by atoms with Crippen molar-refractivity contribution in [3.63, 3.8) is 0 Å². The van der Waals surface area contributed by atoms with E-state index < -0.39 is 0 Å². The number of ether oxygens (including phenoxy) is 3. The second-order valence-electron chi connectivity index (χ2n) is 7.79. The molecule has 3 rings (SSSR count). The van der Waals surface area contributed by atoms with E-state index in [9.17, 15) is 10.2 Å². The van der Waals surface area contributed by atoms with E-state index in [1.54, 1.807) is 20.3 Å². The van der Waals surface area contributed by atoms with Gasteiger partial charge >= 0.3 is 0 Å². The summed E-state index contributed by atoms with van der Waals surface area (Å²) in [6.45, 7) is 6.54. The quantitative estimate of drug-likeness (QED) is 0.600. The number of benzene rings is 2. The van der Waals surface area contributed by atoms with E-state index in [0.29, 0.717) is 25.3 Å². The minimum atomic E-state index is 0.140. The van der Waals surface area contributed by atoms with Crippen molar-refractivity contribution in [2.45, 2.75) is 32.5 Å². The van der Waals surface area contributed by atoms with Crippen LogP contribution in [0.5, 0.6) is 23.0 Å². The van der Waals surface area contributed by atoms with Gasteiger partial charge in [0.2, 0.25) is 0 Å². The number of aliphatic hydroxyl groups excluding tert-OH is 1. The maximum absolute atomic E-state index is 10.5. The molecule has 0 spiro atoms. The van der Waals surface area contributed by atoms with Gasteiger partial charge < -0.3 is 24.4 Å². The number of nitrogens with zero attached hydrogens (tertiary/aromatic N) is 2. The third-order valence-electron chi connectivity index (χ3n) is 5.72. The van der Waals surface area contributed by atoms with Crippen molar-refractivity contribution in [3.8, 4) is 23.0 Å². The Balaban J connectivity index is 1.69. The predicted octanol–water partition coefficient (Wildman–Crippen LogP) is 2.88. The highest BCUT2D eigenvalue weighted by Crippen LogP contribution is 2.31. The summed E-state index contributed by atoms with van der Waals surface area (Å²) in [5.74, 6) is 2.29. The van der Waals surface area contributed by atoms with Crippen LogP contribution >= 0.6 is 0 Å². The average Bonchev–Trinajstić information content (AvgIpc) is 2.78. The maximum atomic E-state index is 10.5. The number of aliphatic hydroxyl groups is 1. The second kappa shape index (κ2) is 11.2. The summed E-state index contributed by atoms with van der Waals surface area (Å²) in [7, 11) is 3.31. The molecule has 7 heteroatoms. The standard InChI is InChI=1S/C24H34N2O5/c1-4-31-23-7-5-6-19(24(23)28)16-25-9-10-26(20(17-25)8-11-27)15-18-12-21(29-2)14-22(13-18)30-3/h5-7,12-14,20,27-28H,4,8-11,15-17H2,1-3H3/t20-/m1/s1. The highest BCUT2D eigenvalue weighted by molar-refractivity contribution is 5.45. The van der Waals surface area contributed by atoms with Gasteiger partial charge in [-0.1, -0.05) is 12.1 Å². The molecule has 1 atom stereocenters. The van der Waals surface area contributed by atoms with Crippen molar-refractivity contribution in [2.24, 2.45) is 0 Å². The lowest BCUT2D eigenvalue weighted by molar-refractivity contribution is 0.0495. The smallest absolute Gasteiger partial charge is 0.162 e. The van der Waals surface area contributed by atoms with Crippen LogP contribution in [0, 0.1) is 0 Å². The molecule has 7 nitrogen and oxygen atoms in total. The van der Waals surface area contributed by atoms with Crippen LogP contribution in [0.25, 0.3) is 0 Å². The number of phenolic OH excluding ortho intramolecular Hbond substituents is 1. The topological polar surface area (TPSA) is 74.6 Å². The highest BCUT2D eigenvalue weighted by atomic mass is 16.5. The Morgan fingerprint density at radius 1 is 1.03 bits per heavy atom. The summed E-state index contributed by atoms with van der Waals surface area (Å²) < 4.78 is 16.3. The number of aromatic hydroxyl groups is 1. The fraction of sp³-hybridized carbons (Fsp3) is 0.500. The van der Waals surface area contributed by atoms with E-state index in [1.165, 1.54) is 0 Å². The molecule has 0 unspecified atom stereocenters. The molecule has 0 aromatic heterocycles. The fourth-order valence-corrected chi connectivity index (χ4v) is 4.13. The molecular formula is C24H34N2O5. The van der Waals surface area contributed by atoms with Gasteiger partial charge in [-0.15, -0.1) is 0 Å². The molecule has 170 valence electrons. The van der Waals surface area contributed by atoms with Crippen LogP contribution in [-0.2, 0) is 13.1 Å². The molecule has 1 fully saturated rings. The summed E-state index contributed by atoms with van der Waals surface area (Å²) in [5, 5.41) is 20.2. The number of para-hydroxylation sites is 1. The zero-order valence-corrected chi connectivity index (χ0v) is 18.7. The molecular weight excluding hydrogens is 396 g/mol.